The van der Waals surface area contributed by atoms with Gasteiger partial charge in [-0.1, -0.05) is 18.0 Å². The van der Waals surface area contributed by atoms with E-state index in [1.807, 2.05) is 11.8 Å². The lowest BCUT2D eigenvalue weighted by Gasteiger charge is -2.21. The standard InChI is InChI=1S/C12H16ClN3OS/c13-10-5-8(6-11(14)16-10)12(17)15-7-9-3-1-2-4-18-9/h5-6,9H,1-4,7H2,(H2,14,16)(H,15,17). The number of hydrogen-bond donors (Lipinski definition) is 2. The van der Waals surface area contributed by atoms with Gasteiger partial charge in [-0.05, 0) is 30.7 Å². The zero-order valence-electron chi connectivity index (χ0n) is 9.99. The summed E-state index contributed by atoms with van der Waals surface area (Å²) < 4.78 is 0. The first-order valence-corrected chi connectivity index (χ1v) is 7.40. The number of nitrogen functional groups attached to an aromatic ring is 1. The maximum atomic E-state index is 11.9. The summed E-state index contributed by atoms with van der Waals surface area (Å²) in [5.41, 5.74) is 6.02. The van der Waals surface area contributed by atoms with Crippen molar-refractivity contribution in [3.05, 3.63) is 22.8 Å². The van der Waals surface area contributed by atoms with Gasteiger partial charge in [0.05, 0.1) is 0 Å². The average Bonchev–Trinajstić information content (AvgIpc) is 2.36. The van der Waals surface area contributed by atoms with Gasteiger partial charge in [-0.25, -0.2) is 4.98 Å². The topological polar surface area (TPSA) is 68.0 Å². The molecule has 18 heavy (non-hydrogen) atoms. The van der Waals surface area contributed by atoms with E-state index >= 15 is 0 Å². The van der Waals surface area contributed by atoms with Crippen LogP contribution >= 0.6 is 23.4 Å². The summed E-state index contributed by atoms with van der Waals surface area (Å²) in [6.07, 6.45) is 3.71. The van der Waals surface area contributed by atoms with Gasteiger partial charge in [-0.3, -0.25) is 4.79 Å². The van der Waals surface area contributed by atoms with Crippen LogP contribution in [0.25, 0.3) is 0 Å². The number of carbonyl (C=O) groups excluding carboxylic acids is 1. The number of aromatic nitrogens is 1. The maximum absolute atomic E-state index is 11.9. The van der Waals surface area contributed by atoms with E-state index in [1.165, 1.54) is 37.1 Å². The van der Waals surface area contributed by atoms with Crippen LogP contribution in [0.1, 0.15) is 29.6 Å². The predicted molar refractivity (Wildman–Crippen MR) is 76.1 cm³/mol. The van der Waals surface area contributed by atoms with E-state index in [0.717, 1.165) is 0 Å². The minimum absolute atomic E-state index is 0.142. The highest BCUT2D eigenvalue weighted by Gasteiger charge is 2.15. The molecular formula is C12H16ClN3OS. The highest BCUT2D eigenvalue weighted by molar-refractivity contribution is 7.99. The fourth-order valence-electron chi connectivity index (χ4n) is 1.93. The SMILES string of the molecule is Nc1cc(C(=O)NCC2CCCCS2)cc(Cl)n1. The van der Waals surface area contributed by atoms with Crippen LogP contribution in [0.5, 0.6) is 0 Å². The second-order valence-electron chi connectivity index (χ2n) is 4.30. The second-order valence-corrected chi connectivity index (χ2v) is 6.10. The Bertz CT molecular complexity index is 415. The van der Waals surface area contributed by atoms with Crippen molar-refractivity contribution in [1.29, 1.82) is 0 Å². The van der Waals surface area contributed by atoms with E-state index in [1.54, 1.807) is 0 Å². The van der Waals surface area contributed by atoms with E-state index in [9.17, 15) is 4.79 Å². The number of rotatable bonds is 3. The summed E-state index contributed by atoms with van der Waals surface area (Å²) in [6, 6.07) is 3.07. The Labute approximate surface area is 116 Å². The Morgan fingerprint density at radius 2 is 2.39 bits per heavy atom. The molecule has 1 aromatic heterocycles. The molecule has 1 amide bonds. The summed E-state index contributed by atoms with van der Waals surface area (Å²) in [5, 5.41) is 3.69. The van der Waals surface area contributed by atoms with Crippen LogP contribution in [0.4, 0.5) is 5.82 Å². The molecule has 2 rings (SSSR count). The van der Waals surface area contributed by atoms with Crippen molar-refractivity contribution in [2.75, 3.05) is 18.0 Å². The van der Waals surface area contributed by atoms with Crippen molar-refractivity contribution in [2.24, 2.45) is 0 Å². The Kier molecular flexibility index (Phi) is 4.72. The molecule has 6 heteroatoms. The van der Waals surface area contributed by atoms with Gasteiger partial charge < -0.3 is 11.1 Å². The average molecular weight is 286 g/mol. The van der Waals surface area contributed by atoms with Crippen LogP contribution in [-0.2, 0) is 0 Å². The molecule has 1 aliphatic rings. The molecule has 0 aromatic carbocycles. The molecule has 0 spiro atoms. The Balaban J connectivity index is 1.90. The zero-order valence-corrected chi connectivity index (χ0v) is 11.6. The minimum Gasteiger partial charge on any atom is -0.384 e. The summed E-state index contributed by atoms with van der Waals surface area (Å²) in [5.74, 6) is 1.31. The van der Waals surface area contributed by atoms with Gasteiger partial charge in [-0.2, -0.15) is 11.8 Å². The third-order valence-corrected chi connectivity index (χ3v) is 4.43. The zero-order chi connectivity index (χ0) is 13.0. The molecule has 1 fully saturated rings. The molecule has 3 N–H and O–H groups in total. The molecule has 4 nitrogen and oxygen atoms in total. The van der Waals surface area contributed by atoms with Crippen LogP contribution in [-0.4, -0.2) is 28.4 Å². The predicted octanol–water partition coefficient (Wildman–Crippen LogP) is 2.33. The molecule has 1 aromatic rings. The number of thioether (sulfide) groups is 1. The third-order valence-electron chi connectivity index (χ3n) is 2.84. The van der Waals surface area contributed by atoms with Crippen molar-refractivity contribution in [1.82, 2.24) is 10.3 Å². The van der Waals surface area contributed by atoms with Crippen LogP contribution in [0.3, 0.4) is 0 Å². The quantitative estimate of drug-likeness (QED) is 0.837. The number of hydrogen-bond acceptors (Lipinski definition) is 4. The van der Waals surface area contributed by atoms with Gasteiger partial charge >= 0.3 is 0 Å². The second kappa shape index (κ2) is 6.29. The van der Waals surface area contributed by atoms with Gasteiger partial charge in [0.25, 0.3) is 5.91 Å². The van der Waals surface area contributed by atoms with E-state index in [0.29, 0.717) is 17.4 Å². The fourth-order valence-corrected chi connectivity index (χ4v) is 3.38. The fraction of sp³-hybridized carbons (Fsp3) is 0.500. The lowest BCUT2D eigenvalue weighted by atomic mass is 10.2. The number of anilines is 1. The van der Waals surface area contributed by atoms with Gasteiger partial charge in [0.2, 0.25) is 0 Å². The lowest BCUT2D eigenvalue weighted by Crippen LogP contribution is -2.32. The number of amides is 1. The molecule has 0 saturated carbocycles. The monoisotopic (exact) mass is 285 g/mol. The van der Waals surface area contributed by atoms with Crippen molar-refractivity contribution in [3.63, 3.8) is 0 Å². The number of nitrogens with one attached hydrogen (secondary N) is 1. The van der Waals surface area contributed by atoms with Gasteiger partial charge in [-0.15, -0.1) is 0 Å². The number of pyridine rings is 1. The molecule has 1 aliphatic heterocycles. The van der Waals surface area contributed by atoms with Gasteiger partial charge in [0.1, 0.15) is 11.0 Å². The number of halogens is 1. The number of nitrogens with zero attached hydrogens (tertiary/aromatic N) is 1. The molecule has 1 atom stereocenters. The van der Waals surface area contributed by atoms with Crippen LogP contribution in [0.2, 0.25) is 5.15 Å². The maximum Gasteiger partial charge on any atom is 0.251 e. The third kappa shape index (κ3) is 3.78. The highest BCUT2D eigenvalue weighted by atomic mass is 35.5. The van der Waals surface area contributed by atoms with Gasteiger partial charge in [0, 0.05) is 17.4 Å². The van der Waals surface area contributed by atoms with Crippen molar-refractivity contribution in [3.8, 4) is 0 Å². The van der Waals surface area contributed by atoms with Crippen LogP contribution in [0, 0.1) is 0 Å². The van der Waals surface area contributed by atoms with Gasteiger partial charge in [0.15, 0.2) is 0 Å². The first kappa shape index (κ1) is 13.5. The van der Waals surface area contributed by atoms with E-state index in [-0.39, 0.29) is 16.9 Å². The largest absolute Gasteiger partial charge is 0.384 e. The molecular weight excluding hydrogens is 270 g/mol. The van der Waals surface area contributed by atoms with Crippen molar-refractivity contribution >= 4 is 35.1 Å². The lowest BCUT2D eigenvalue weighted by molar-refractivity contribution is 0.0953. The highest BCUT2D eigenvalue weighted by Crippen LogP contribution is 2.24. The van der Waals surface area contributed by atoms with Crippen molar-refractivity contribution < 1.29 is 4.79 Å². The smallest absolute Gasteiger partial charge is 0.251 e. The summed E-state index contributed by atoms with van der Waals surface area (Å²) in [4.78, 5) is 15.8. The summed E-state index contributed by atoms with van der Waals surface area (Å²) in [7, 11) is 0. The molecule has 1 saturated heterocycles. The number of carbonyl (C=O) groups is 1. The van der Waals surface area contributed by atoms with E-state index in [4.69, 9.17) is 17.3 Å². The molecule has 2 heterocycles. The first-order valence-electron chi connectivity index (χ1n) is 5.98. The molecule has 98 valence electrons. The van der Waals surface area contributed by atoms with E-state index < -0.39 is 0 Å². The first-order chi connectivity index (χ1) is 8.65. The minimum atomic E-state index is -0.142. The van der Waals surface area contributed by atoms with Crippen LogP contribution < -0.4 is 11.1 Å². The van der Waals surface area contributed by atoms with Crippen molar-refractivity contribution in [2.45, 2.75) is 24.5 Å². The Hall–Kier alpha value is -0.940. The summed E-state index contributed by atoms with van der Waals surface area (Å²) in [6.45, 7) is 0.698. The van der Waals surface area contributed by atoms with E-state index in [2.05, 4.69) is 10.3 Å². The molecule has 0 bridgehead atoms. The van der Waals surface area contributed by atoms with Crippen LogP contribution in [0.15, 0.2) is 12.1 Å². The summed E-state index contributed by atoms with van der Waals surface area (Å²) >= 11 is 7.70. The molecule has 0 aliphatic carbocycles. The Morgan fingerprint density at radius 1 is 1.56 bits per heavy atom. The normalized spacial score (nSPS) is 19.5. The number of nitrogens with two attached hydrogens (primary N) is 1. The molecule has 1 unspecified atom stereocenters. The molecule has 0 radical (unpaired) electrons. The Morgan fingerprint density at radius 3 is 3.06 bits per heavy atom.